The molecule has 1 aromatic rings. The molecule has 0 heterocycles. The van der Waals surface area contributed by atoms with Gasteiger partial charge in [0, 0.05) is 0 Å². The van der Waals surface area contributed by atoms with Crippen LogP contribution in [0.5, 0.6) is 17.2 Å². The Bertz CT molecular complexity index is 334. The number of benzene rings is 1. The molecule has 90 valence electrons. The number of methoxy groups -OCH3 is 2. The van der Waals surface area contributed by atoms with Crippen molar-refractivity contribution in [3.05, 3.63) is 17.7 Å². The maximum absolute atomic E-state index is 5.65. The van der Waals surface area contributed by atoms with Gasteiger partial charge in [0.25, 0.3) is 0 Å². The van der Waals surface area contributed by atoms with E-state index in [9.17, 15) is 0 Å². The highest BCUT2D eigenvalue weighted by molar-refractivity contribution is 5.55. The van der Waals surface area contributed by atoms with Crippen LogP contribution in [-0.4, -0.2) is 20.8 Å². The van der Waals surface area contributed by atoms with E-state index >= 15 is 0 Å². The lowest BCUT2D eigenvalue weighted by molar-refractivity contribution is 0.293. The van der Waals surface area contributed by atoms with Gasteiger partial charge in [-0.05, 0) is 25.0 Å². The molecule has 0 spiro atoms. The summed E-state index contributed by atoms with van der Waals surface area (Å²) in [6.07, 6.45) is 2.06. The second kappa shape index (κ2) is 6.26. The Kier molecular flexibility index (Phi) is 4.96. The number of hydrogen-bond acceptors (Lipinski definition) is 3. The van der Waals surface area contributed by atoms with E-state index in [-0.39, 0.29) is 0 Å². The van der Waals surface area contributed by atoms with Crippen molar-refractivity contribution < 1.29 is 14.2 Å². The monoisotopic (exact) mass is 224 g/mol. The number of ether oxygens (including phenoxy) is 3. The molecule has 3 heteroatoms. The van der Waals surface area contributed by atoms with Crippen LogP contribution in [0.1, 0.15) is 25.8 Å². The molecule has 16 heavy (non-hydrogen) atoms. The Labute approximate surface area is 97.3 Å². The highest BCUT2D eigenvalue weighted by atomic mass is 16.5. The molecule has 0 amide bonds. The van der Waals surface area contributed by atoms with E-state index in [1.54, 1.807) is 14.2 Å². The molecule has 0 saturated heterocycles. The van der Waals surface area contributed by atoms with Crippen molar-refractivity contribution in [3.8, 4) is 17.2 Å². The lowest BCUT2D eigenvalue weighted by Crippen LogP contribution is -2.01. The minimum Gasteiger partial charge on any atom is -0.493 e. The van der Waals surface area contributed by atoms with Gasteiger partial charge in [-0.1, -0.05) is 19.4 Å². The highest BCUT2D eigenvalue weighted by Gasteiger charge is 2.15. The smallest absolute Gasteiger partial charge is 0.203 e. The summed E-state index contributed by atoms with van der Waals surface area (Å²) >= 11 is 0. The number of rotatable bonds is 6. The van der Waals surface area contributed by atoms with E-state index in [2.05, 4.69) is 6.92 Å². The first kappa shape index (κ1) is 12.7. The maximum Gasteiger partial charge on any atom is 0.203 e. The van der Waals surface area contributed by atoms with Crippen LogP contribution in [0.2, 0.25) is 0 Å². The van der Waals surface area contributed by atoms with Gasteiger partial charge >= 0.3 is 0 Å². The fourth-order valence-corrected chi connectivity index (χ4v) is 1.71. The lowest BCUT2D eigenvalue weighted by Gasteiger charge is -2.16. The summed E-state index contributed by atoms with van der Waals surface area (Å²) in [5.41, 5.74) is 1.17. The quantitative estimate of drug-likeness (QED) is 0.743. The SMILES string of the molecule is CCCc1ccc(OC)c(OC)c1OCC. The van der Waals surface area contributed by atoms with Crippen molar-refractivity contribution in [2.45, 2.75) is 26.7 Å². The minimum atomic E-state index is 0.625. The molecular formula is C13H20O3. The third-order valence-electron chi connectivity index (χ3n) is 2.39. The van der Waals surface area contributed by atoms with E-state index in [1.165, 1.54) is 5.56 Å². The van der Waals surface area contributed by atoms with Crippen molar-refractivity contribution in [2.75, 3.05) is 20.8 Å². The zero-order valence-corrected chi connectivity index (χ0v) is 10.5. The normalized spacial score (nSPS) is 10.0. The maximum atomic E-state index is 5.65. The van der Waals surface area contributed by atoms with Crippen LogP contribution >= 0.6 is 0 Å². The minimum absolute atomic E-state index is 0.625. The Morgan fingerprint density at radius 1 is 1.00 bits per heavy atom. The largest absolute Gasteiger partial charge is 0.493 e. The fourth-order valence-electron chi connectivity index (χ4n) is 1.71. The van der Waals surface area contributed by atoms with Gasteiger partial charge in [-0.25, -0.2) is 0 Å². The van der Waals surface area contributed by atoms with Gasteiger partial charge in [0.05, 0.1) is 20.8 Å². The second-order valence-electron chi connectivity index (χ2n) is 3.47. The highest BCUT2D eigenvalue weighted by Crippen LogP contribution is 2.40. The molecule has 0 radical (unpaired) electrons. The van der Waals surface area contributed by atoms with E-state index in [0.717, 1.165) is 18.6 Å². The van der Waals surface area contributed by atoms with Crippen LogP contribution in [0.25, 0.3) is 0 Å². The first-order chi connectivity index (χ1) is 7.78. The summed E-state index contributed by atoms with van der Waals surface area (Å²) in [6.45, 7) is 4.74. The van der Waals surface area contributed by atoms with E-state index in [4.69, 9.17) is 14.2 Å². The van der Waals surface area contributed by atoms with Crippen LogP contribution in [0.15, 0.2) is 12.1 Å². The van der Waals surface area contributed by atoms with E-state index < -0.39 is 0 Å². The van der Waals surface area contributed by atoms with E-state index in [1.807, 2.05) is 19.1 Å². The molecule has 1 rings (SSSR count). The van der Waals surface area contributed by atoms with E-state index in [0.29, 0.717) is 18.1 Å². The number of hydrogen-bond donors (Lipinski definition) is 0. The average molecular weight is 224 g/mol. The predicted octanol–water partition coefficient (Wildman–Crippen LogP) is 3.06. The van der Waals surface area contributed by atoms with Gasteiger partial charge in [-0.3, -0.25) is 0 Å². The predicted molar refractivity (Wildman–Crippen MR) is 64.7 cm³/mol. The topological polar surface area (TPSA) is 27.7 Å². The van der Waals surface area contributed by atoms with Gasteiger partial charge in [0.15, 0.2) is 11.5 Å². The van der Waals surface area contributed by atoms with Crippen LogP contribution in [-0.2, 0) is 6.42 Å². The first-order valence-electron chi connectivity index (χ1n) is 5.65. The third kappa shape index (κ3) is 2.60. The Morgan fingerprint density at radius 2 is 1.75 bits per heavy atom. The molecule has 0 aromatic heterocycles. The van der Waals surface area contributed by atoms with Crippen molar-refractivity contribution in [1.82, 2.24) is 0 Å². The molecule has 0 aliphatic rings. The lowest BCUT2D eigenvalue weighted by atomic mass is 10.1. The van der Waals surface area contributed by atoms with Crippen molar-refractivity contribution in [2.24, 2.45) is 0 Å². The summed E-state index contributed by atoms with van der Waals surface area (Å²) < 4.78 is 16.3. The van der Waals surface area contributed by atoms with Crippen LogP contribution < -0.4 is 14.2 Å². The molecule has 0 bridgehead atoms. The average Bonchev–Trinajstić information content (AvgIpc) is 2.31. The van der Waals surface area contributed by atoms with Crippen LogP contribution in [0.3, 0.4) is 0 Å². The van der Waals surface area contributed by atoms with Gasteiger partial charge in [-0.2, -0.15) is 0 Å². The molecule has 3 nitrogen and oxygen atoms in total. The van der Waals surface area contributed by atoms with Gasteiger partial charge in [-0.15, -0.1) is 0 Å². The molecule has 0 N–H and O–H groups in total. The van der Waals surface area contributed by atoms with Crippen molar-refractivity contribution >= 4 is 0 Å². The molecule has 0 aliphatic carbocycles. The van der Waals surface area contributed by atoms with Gasteiger partial charge < -0.3 is 14.2 Å². The standard InChI is InChI=1S/C13H20O3/c1-5-7-10-8-9-11(14-3)13(15-4)12(10)16-6-2/h8-9H,5-7H2,1-4H3. The molecule has 0 saturated carbocycles. The Hall–Kier alpha value is -1.38. The molecule has 0 unspecified atom stereocenters. The Balaban J connectivity index is 3.20. The van der Waals surface area contributed by atoms with Gasteiger partial charge in [0.1, 0.15) is 0 Å². The molecule has 0 fully saturated rings. The van der Waals surface area contributed by atoms with Gasteiger partial charge in [0.2, 0.25) is 5.75 Å². The molecule has 0 aliphatic heterocycles. The zero-order valence-electron chi connectivity index (χ0n) is 10.5. The molecule has 1 aromatic carbocycles. The number of aryl methyl sites for hydroxylation is 1. The first-order valence-corrected chi connectivity index (χ1v) is 5.65. The summed E-state index contributed by atoms with van der Waals surface area (Å²) in [7, 11) is 3.27. The third-order valence-corrected chi connectivity index (χ3v) is 2.39. The zero-order chi connectivity index (χ0) is 12.0. The molecule has 0 atom stereocenters. The summed E-state index contributed by atoms with van der Waals surface area (Å²) in [6, 6.07) is 3.96. The summed E-state index contributed by atoms with van der Waals surface area (Å²) in [4.78, 5) is 0. The Morgan fingerprint density at radius 3 is 2.25 bits per heavy atom. The van der Waals surface area contributed by atoms with Crippen molar-refractivity contribution in [3.63, 3.8) is 0 Å². The summed E-state index contributed by atoms with van der Waals surface area (Å²) in [5, 5.41) is 0. The fraction of sp³-hybridized carbons (Fsp3) is 0.538. The van der Waals surface area contributed by atoms with Crippen molar-refractivity contribution in [1.29, 1.82) is 0 Å². The van der Waals surface area contributed by atoms with Crippen LogP contribution in [0.4, 0.5) is 0 Å². The summed E-state index contributed by atoms with van der Waals surface area (Å²) in [5.74, 6) is 2.22. The molecular weight excluding hydrogens is 204 g/mol. The second-order valence-corrected chi connectivity index (χ2v) is 3.47. The van der Waals surface area contributed by atoms with Crippen LogP contribution in [0, 0.1) is 0 Å².